The summed E-state index contributed by atoms with van der Waals surface area (Å²) in [7, 11) is 0. The summed E-state index contributed by atoms with van der Waals surface area (Å²) in [6.45, 7) is 0. The summed E-state index contributed by atoms with van der Waals surface area (Å²) in [5.41, 5.74) is 12.4. The summed E-state index contributed by atoms with van der Waals surface area (Å²) in [4.78, 5) is 47.1. The van der Waals surface area contributed by atoms with Crippen molar-refractivity contribution >= 4 is 23.9 Å². The van der Waals surface area contributed by atoms with Crippen molar-refractivity contribution in [2.45, 2.75) is 24.9 Å². The van der Waals surface area contributed by atoms with Gasteiger partial charge in [-0.3, -0.25) is 0 Å². The molecule has 30 heavy (non-hydrogen) atoms. The second kappa shape index (κ2) is 10.1. The summed E-state index contributed by atoms with van der Waals surface area (Å²) < 4.78 is 8.67. The van der Waals surface area contributed by atoms with E-state index in [0.29, 0.717) is 11.1 Å². The molecule has 0 saturated heterocycles. The normalized spacial score (nSPS) is 12.5. The van der Waals surface area contributed by atoms with E-state index in [4.69, 9.17) is 11.5 Å². The summed E-state index contributed by atoms with van der Waals surface area (Å²) in [6.07, 6.45) is -0.0320. The molecule has 0 heterocycles. The summed E-state index contributed by atoms with van der Waals surface area (Å²) in [5.74, 6) is -5.73. The molecule has 0 spiro atoms. The second-order valence-electron chi connectivity index (χ2n) is 6.37. The third-order valence-electron chi connectivity index (χ3n) is 3.94. The van der Waals surface area contributed by atoms with Gasteiger partial charge in [0.05, 0.1) is 0 Å². The molecule has 0 radical (unpaired) electrons. The number of carbonyl (C=O) groups excluding carboxylic acids is 4. The molecule has 0 fully saturated rings. The topological polar surface area (TPSA) is 179 Å². The van der Waals surface area contributed by atoms with Crippen LogP contribution in [0.2, 0.25) is 0 Å². The first-order chi connectivity index (χ1) is 14.2. The van der Waals surface area contributed by atoms with Crippen LogP contribution in [-0.4, -0.2) is 46.2 Å². The minimum atomic E-state index is -1.70. The fourth-order valence-electron chi connectivity index (χ4n) is 2.36. The maximum atomic E-state index is 11.9. The Kier molecular flexibility index (Phi) is 7.62. The zero-order chi connectivity index (χ0) is 22.3. The van der Waals surface area contributed by atoms with Gasteiger partial charge in [-0.05, 0) is 48.2 Å². The van der Waals surface area contributed by atoms with E-state index in [1.54, 1.807) is 0 Å². The van der Waals surface area contributed by atoms with Gasteiger partial charge in [-0.2, -0.15) is 0 Å². The molecular weight excluding hydrogens is 396 g/mol. The van der Waals surface area contributed by atoms with E-state index in [1.807, 2.05) is 0 Å². The van der Waals surface area contributed by atoms with Gasteiger partial charge in [0, 0.05) is 0 Å². The molecule has 0 saturated carbocycles. The molecule has 0 amide bonds. The van der Waals surface area contributed by atoms with Crippen molar-refractivity contribution in [3.05, 3.63) is 59.7 Å². The minimum absolute atomic E-state index is 0.0160. The lowest BCUT2D eigenvalue weighted by atomic mass is 10.1. The second-order valence-corrected chi connectivity index (χ2v) is 6.37. The Morgan fingerprint density at radius 3 is 1.27 bits per heavy atom. The quantitative estimate of drug-likeness (QED) is 0.277. The number of phenols is 2. The number of carbonyl (C=O) groups is 4. The van der Waals surface area contributed by atoms with Crippen LogP contribution in [0.1, 0.15) is 11.1 Å². The highest BCUT2D eigenvalue weighted by Gasteiger charge is 2.29. The van der Waals surface area contributed by atoms with Crippen molar-refractivity contribution in [3.63, 3.8) is 0 Å². The van der Waals surface area contributed by atoms with Crippen LogP contribution in [0.5, 0.6) is 11.5 Å². The molecule has 0 aliphatic heterocycles. The van der Waals surface area contributed by atoms with Crippen LogP contribution in [0.25, 0.3) is 0 Å². The SMILES string of the molecule is NC(Cc1ccc(O)cc1)C(=O)OC(=O)C(=O)OC(=O)C(N)Cc1ccc(O)cc1. The lowest BCUT2D eigenvalue weighted by Crippen LogP contribution is -2.40. The fraction of sp³-hybridized carbons (Fsp3) is 0.200. The molecule has 0 aliphatic rings. The number of rotatable bonds is 6. The van der Waals surface area contributed by atoms with Crippen LogP contribution >= 0.6 is 0 Å². The number of phenolic OH excluding ortho intramolecular Hbond substituents is 2. The van der Waals surface area contributed by atoms with Crippen LogP contribution in [0.3, 0.4) is 0 Å². The van der Waals surface area contributed by atoms with Crippen LogP contribution in [0, 0.1) is 0 Å². The van der Waals surface area contributed by atoms with E-state index in [-0.39, 0.29) is 24.3 Å². The molecule has 6 N–H and O–H groups in total. The number of hydrogen-bond acceptors (Lipinski definition) is 10. The summed E-state index contributed by atoms with van der Waals surface area (Å²) in [6, 6.07) is 9.12. The van der Waals surface area contributed by atoms with E-state index in [2.05, 4.69) is 9.47 Å². The van der Waals surface area contributed by atoms with Crippen LogP contribution in [-0.2, 0) is 41.5 Å². The molecule has 158 valence electrons. The smallest absolute Gasteiger partial charge is 0.425 e. The number of aromatic hydroxyl groups is 2. The number of hydrogen-bond donors (Lipinski definition) is 4. The average Bonchev–Trinajstić information content (AvgIpc) is 2.71. The third kappa shape index (κ3) is 6.69. The predicted octanol–water partition coefficient (Wildman–Crippen LogP) is -0.323. The van der Waals surface area contributed by atoms with Gasteiger partial charge in [0.1, 0.15) is 23.6 Å². The fourth-order valence-corrected chi connectivity index (χ4v) is 2.36. The first-order valence-corrected chi connectivity index (χ1v) is 8.74. The zero-order valence-corrected chi connectivity index (χ0v) is 15.7. The molecule has 2 aromatic rings. The molecule has 2 unspecified atom stereocenters. The van der Waals surface area contributed by atoms with Crippen molar-refractivity contribution < 1.29 is 38.9 Å². The molecule has 0 bridgehead atoms. The molecule has 0 aliphatic carbocycles. The monoisotopic (exact) mass is 416 g/mol. The number of esters is 4. The van der Waals surface area contributed by atoms with Gasteiger partial charge < -0.3 is 31.2 Å². The largest absolute Gasteiger partial charge is 0.508 e. The average molecular weight is 416 g/mol. The Bertz CT molecular complexity index is 847. The first kappa shape index (κ1) is 22.5. The lowest BCUT2D eigenvalue weighted by Gasteiger charge is -2.12. The van der Waals surface area contributed by atoms with E-state index >= 15 is 0 Å². The number of ether oxygens (including phenoxy) is 2. The standard InChI is InChI=1S/C20H20N2O8/c21-15(9-11-1-5-13(23)6-2-11)17(25)29-19(27)20(28)30-18(26)16(22)10-12-3-7-14(24)8-4-12/h1-8,15-16,23-24H,9-10,21-22H2. The Morgan fingerprint density at radius 2 is 0.967 bits per heavy atom. The summed E-state index contributed by atoms with van der Waals surface area (Å²) >= 11 is 0. The Hall–Kier alpha value is -3.76. The Labute approximate surface area is 171 Å². The molecular formula is C20H20N2O8. The van der Waals surface area contributed by atoms with Gasteiger partial charge in [0.2, 0.25) is 0 Å². The van der Waals surface area contributed by atoms with Crippen molar-refractivity contribution in [1.29, 1.82) is 0 Å². The van der Waals surface area contributed by atoms with E-state index < -0.39 is 36.0 Å². The zero-order valence-electron chi connectivity index (χ0n) is 15.7. The van der Waals surface area contributed by atoms with E-state index in [0.717, 1.165) is 0 Å². The lowest BCUT2D eigenvalue weighted by molar-refractivity contribution is -0.178. The molecule has 2 atom stereocenters. The van der Waals surface area contributed by atoms with Crippen molar-refractivity contribution in [1.82, 2.24) is 0 Å². The maximum Gasteiger partial charge on any atom is 0.425 e. The molecule has 0 aromatic heterocycles. The predicted molar refractivity (Wildman–Crippen MR) is 102 cm³/mol. The van der Waals surface area contributed by atoms with Gasteiger partial charge in [-0.15, -0.1) is 0 Å². The van der Waals surface area contributed by atoms with E-state index in [1.165, 1.54) is 48.5 Å². The minimum Gasteiger partial charge on any atom is -0.508 e. The highest BCUT2D eigenvalue weighted by molar-refractivity contribution is 6.33. The first-order valence-electron chi connectivity index (χ1n) is 8.74. The van der Waals surface area contributed by atoms with Crippen molar-refractivity contribution in [2.75, 3.05) is 0 Å². The Morgan fingerprint density at radius 1 is 0.667 bits per heavy atom. The summed E-state index contributed by atoms with van der Waals surface area (Å²) in [5, 5.41) is 18.4. The van der Waals surface area contributed by atoms with Gasteiger partial charge in [-0.25, -0.2) is 19.2 Å². The highest BCUT2D eigenvalue weighted by atomic mass is 16.6. The number of nitrogens with two attached hydrogens (primary N) is 2. The van der Waals surface area contributed by atoms with Gasteiger partial charge >= 0.3 is 23.9 Å². The van der Waals surface area contributed by atoms with Crippen LogP contribution in [0.4, 0.5) is 0 Å². The van der Waals surface area contributed by atoms with Gasteiger partial charge in [-0.1, -0.05) is 24.3 Å². The van der Waals surface area contributed by atoms with Crippen LogP contribution < -0.4 is 11.5 Å². The molecule has 10 nitrogen and oxygen atoms in total. The van der Waals surface area contributed by atoms with Gasteiger partial charge in [0.25, 0.3) is 0 Å². The van der Waals surface area contributed by atoms with Crippen molar-refractivity contribution in [3.8, 4) is 11.5 Å². The maximum absolute atomic E-state index is 11.9. The number of benzene rings is 2. The van der Waals surface area contributed by atoms with E-state index in [9.17, 15) is 29.4 Å². The molecule has 2 aromatic carbocycles. The molecule has 10 heteroatoms. The highest BCUT2D eigenvalue weighted by Crippen LogP contribution is 2.12. The Balaban J connectivity index is 1.82. The van der Waals surface area contributed by atoms with Crippen molar-refractivity contribution in [2.24, 2.45) is 11.5 Å². The third-order valence-corrected chi connectivity index (χ3v) is 3.94. The van der Waals surface area contributed by atoms with Crippen LogP contribution in [0.15, 0.2) is 48.5 Å². The molecule has 2 rings (SSSR count). The van der Waals surface area contributed by atoms with Gasteiger partial charge in [0.15, 0.2) is 0 Å².